The smallest absolute Gasteiger partial charge is 0.244 e. The summed E-state index contributed by atoms with van der Waals surface area (Å²) in [5.74, 6) is -0.993. The van der Waals surface area contributed by atoms with Crippen molar-refractivity contribution >= 4 is 34.5 Å². The van der Waals surface area contributed by atoms with E-state index in [4.69, 9.17) is 21.2 Å². The summed E-state index contributed by atoms with van der Waals surface area (Å²) in [6, 6.07) is 5.10. The standard InChI is InChI=1S/C16H20ClN3O4/c1-2-3-4-10(7-14(21)20-23)16(22)18-9-15-19-12-8-11(17)5-6-13(12)24-15/h5-6,8,10,23H,2-4,7,9H2,1H3,(H,18,22)(H,20,21)/t10-/m1/s1. The maximum Gasteiger partial charge on any atom is 0.244 e. The van der Waals surface area contributed by atoms with Crippen LogP contribution < -0.4 is 10.8 Å². The molecular weight excluding hydrogens is 334 g/mol. The van der Waals surface area contributed by atoms with Gasteiger partial charge in [-0.05, 0) is 24.6 Å². The van der Waals surface area contributed by atoms with Crippen LogP contribution in [0.2, 0.25) is 5.02 Å². The number of unbranched alkanes of at least 4 members (excludes halogenated alkanes) is 1. The molecule has 0 saturated carbocycles. The first-order valence-electron chi connectivity index (χ1n) is 7.79. The van der Waals surface area contributed by atoms with Gasteiger partial charge in [0.2, 0.25) is 17.7 Å². The number of hydroxylamine groups is 1. The van der Waals surface area contributed by atoms with E-state index in [9.17, 15) is 9.59 Å². The maximum atomic E-state index is 12.3. The summed E-state index contributed by atoms with van der Waals surface area (Å²) >= 11 is 5.90. The Morgan fingerprint density at radius 1 is 1.42 bits per heavy atom. The van der Waals surface area contributed by atoms with E-state index >= 15 is 0 Å². The molecule has 0 fully saturated rings. The topological polar surface area (TPSA) is 104 Å². The van der Waals surface area contributed by atoms with Gasteiger partial charge in [-0.25, -0.2) is 10.5 Å². The fourth-order valence-corrected chi connectivity index (χ4v) is 2.54. The highest BCUT2D eigenvalue weighted by Crippen LogP contribution is 2.20. The first-order chi connectivity index (χ1) is 11.5. The van der Waals surface area contributed by atoms with Gasteiger partial charge in [0.1, 0.15) is 5.52 Å². The molecule has 7 nitrogen and oxygen atoms in total. The first-order valence-corrected chi connectivity index (χ1v) is 8.17. The number of aromatic nitrogens is 1. The molecule has 8 heteroatoms. The van der Waals surface area contributed by atoms with Crippen LogP contribution in [0.1, 0.15) is 38.5 Å². The number of carbonyl (C=O) groups excluding carboxylic acids is 2. The lowest BCUT2D eigenvalue weighted by atomic mass is 9.97. The van der Waals surface area contributed by atoms with Crippen LogP contribution in [0.4, 0.5) is 0 Å². The van der Waals surface area contributed by atoms with E-state index < -0.39 is 11.8 Å². The molecule has 0 aliphatic rings. The number of benzene rings is 1. The third-order valence-electron chi connectivity index (χ3n) is 3.64. The molecule has 1 aromatic heterocycles. The minimum Gasteiger partial charge on any atom is -0.439 e. The first kappa shape index (κ1) is 18.2. The zero-order valence-corrected chi connectivity index (χ0v) is 14.1. The van der Waals surface area contributed by atoms with Crippen molar-refractivity contribution in [2.45, 2.75) is 39.2 Å². The van der Waals surface area contributed by atoms with Gasteiger partial charge in [-0.15, -0.1) is 0 Å². The molecular formula is C16H20ClN3O4. The maximum absolute atomic E-state index is 12.3. The highest BCUT2D eigenvalue weighted by Gasteiger charge is 2.21. The van der Waals surface area contributed by atoms with Gasteiger partial charge in [-0.1, -0.05) is 31.4 Å². The van der Waals surface area contributed by atoms with Gasteiger partial charge in [-0.2, -0.15) is 0 Å². The molecule has 2 rings (SSSR count). The van der Waals surface area contributed by atoms with E-state index in [0.29, 0.717) is 28.4 Å². The highest BCUT2D eigenvalue weighted by molar-refractivity contribution is 6.31. The van der Waals surface area contributed by atoms with Crippen molar-refractivity contribution in [1.29, 1.82) is 0 Å². The minimum absolute atomic E-state index is 0.0640. The Kier molecular flexibility index (Phi) is 6.57. The van der Waals surface area contributed by atoms with Crippen LogP contribution in [0.3, 0.4) is 0 Å². The van der Waals surface area contributed by atoms with Crippen LogP contribution in [0.25, 0.3) is 11.1 Å². The van der Waals surface area contributed by atoms with Crippen LogP contribution in [0, 0.1) is 5.92 Å². The second-order valence-corrected chi connectivity index (χ2v) is 5.95. The summed E-state index contributed by atoms with van der Waals surface area (Å²) in [4.78, 5) is 27.9. The number of halogens is 1. The summed E-state index contributed by atoms with van der Waals surface area (Å²) in [6.45, 7) is 2.12. The van der Waals surface area contributed by atoms with Crippen molar-refractivity contribution in [3.05, 3.63) is 29.1 Å². The molecule has 1 atom stereocenters. The molecule has 0 spiro atoms. The number of hydrogen-bond donors (Lipinski definition) is 3. The third-order valence-corrected chi connectivity index (χ3v) is 3.88. The Balaban J connectivity index is 1.98. The number of nitrogens with zero attached hydrogens (tertiary/aromatic N) is 1. The summed E-state index contributed by atoms with van der Waals surface area (Å²) in [7, 11) is 0. The highest BCUT2D eigenvalue weighted by atomic mass is 35.5. The lowest BCUT2D eigenvalue weighted by Crippen LogP contribution is -2.34. The monoisotopic (exact) mass is 353 g/mol. The Bertz CT molecular complexity index is 716. The number of amides is 2. The molecule has 24 heavy (non-hydrogen) atoms. The van der Waals surface area contributed by atoms with E-state index in [1.54, 1.807) is 23.7 Å². The van der Waals surface area contributed by atoms with Gasteiger partial charge in [-0.3, -0.25) is 14.8 Å². The lowest BCUT2D eigenvalue weighted by Gasteiger charge is -2.14. The van der Waals surface area contributed by atoms with Crippen LogP contribution in [-0.4, -0.2) is 22.0 Å². The predicted octanol–water partition coefficient (Wildman–Crippen LogP) is 2.80. The number of nitrogens with one attached hydrogen (secondary N) is 2. The van der Waals surface area contributed by atoms with Gasteiger partial charge in [0, 0.05) is 17.4 Å². The van der Waals surface area contributed by atoms with E-state index in [-0.39, 0.29) is 18.9 Å². The van der Waals surface area contributed by atoms with Gasteiger partial charge >= 0.3 is 0 Å². The molecule has 0 aliphatic heterocycles. The van der Waals surface area contributed by atoms with Crippen molar-refractivity contribution < 1.29 is 19.2 Å². The quantitative estimate of drug-likeness (QED) is 0.500. The van der Waals surface area contributed by atoms with Crippen molar-refractivity contribution in [1.82, 2.24) is 15.8 Å². The van der Waals surface area contributed by atoms with Gasteiger partial charge < -0.3 is 9.73 Å². The van der Waals surface area contributed by atoms with Crippen LogP contribution in [0.5, 0.6) is 0 Å². The zero-order valence-electron chi connectivity index (χ0n) is 13.3. The van der Waals surface area contributed by atoms with Crippen molar-refractivity contribution in [3.63, 3.8) is 0 Å². The number of hydrogen-bond acceptors (Lipinski definition) is 5. The molecule has 0 aliphatic carbocycles. The summed E-state index contributed by atoms with van der Waals surface area (Å²) in [5, 5.41) is 11.9. The molecule has 0 saturated heterocycles. The SMILES string of the molecule is CCCC[C@H](CC(=O)NO)C(=O)NCc1nc2cc(Cl)ccc2o1. The Labute approximate surface area is 144 Å². The van der Waals surface area contributed by atoms with Crippen molar-refractivity contribution in [3.8, 4) is 0 Å². The second kappa shape index (κ2) is 8.65. The average Bonchev–Trinajstić information content (AvgIpc) is 2.98. The fourth-order valence-electron chi connectivity index (χ4n) is 2.38. The Morgan fingerprint density at radius 3 is 2.92 bits per heavy atom. The number of fused-ring (bicyclic) bond motifs is 1. The number of oxazole rings is 1. The summed E-state index contributed by atoms with van der Waals surface area (Å²) < 4.78 is 5.53. The molecule has 0 radical (unpaired) electrons. The Morgan fingerprint density at radius 2 is 2.21 bits per heavy atom. The van der Waals surface area contributed by atoms with Crippen LogP contribution in [0.15, 0.2) is 22.6 Å². The molecule has 0 bridgehead atoms. The molecule has 1 aromatic carbocycles. The van der Waals surface area contributed by atoms with Crippen LogP contribution in [-0.2, 0) is 16.1 Å². The number of carbonyl (C=O) groups is 2. The molecule has 3 N–H and O–H groups in total. The van der Waals surface area contributed by atoms with Gasteiger partial charge in [0.25, 0.3) is 0 Å². The number of rotatable bonds is 8. The second-order valence-electron chi connectivity index (χ2n) is 5.52. The zero-order chi connectivity index (χ0) is 17.5. The van der Waals surface area contributed by atoms with E-state index in [2.05, 4.69) is 10.3 Å². The fraction of sp³-hybridized carbons (Fsp3) is 0.438. The molecule has 2 aromatic rings. The average molecular weight is 354 g/mol. The van der Waals surface area contributed by atoms with E-state index in [0.717, 1.165) is 12.8 Å². The molecule has 1 heterocycles. The van der Waals surface area contributed by atoms with Gasteiger partial charge in [0.15, 0.2) is 5.58 Å². The normalized spacial score (nSPS) is 12.1. The van der Waals surface area contributed by atoms with Crippen molar-refractivity contribution in [2.75, 3.05) is 0 Å². The molecule has 130 valence electrons. The molecule has 2 amide bonds. The lowest BCUT2D eigenvalue weighted by molar-refractivity contribution is -0.135. The predicted molar refractivity (Wildman–Crippen MR) is 88.4 cm³/mol. The van der Waals surface area contributed by atoms with E-state index in [1.165, 1.54) is 0 Å². The van der Waals surface area contributed by atoms with Gasteiger partial charge in [0.05, 0.1) is 6.54 Å². The summed E-state index contributed by atoms with van der Waals surface area (Å²) in [6.07, 6.45) is 2.24. The summed E-state index contributed by atoms with van der Waals surface area (Å²) in [5.41, 5.74) is 2.77. The largest absolute Gasteiger partial charge is 0.439 e. The minimum atomic E-state index is -0.581. The third kappa shape index (κ3) is 4.94. The van der Waals surface area contributed by atoms with Crippen LogP contribution >= 0.6 is 11.6 Å². The Hall–Kier alpha value is -2.12. The van der Waals surface area contributed by atoms with Crippen molar-refractivity contribution in [2.24, 2.45) is 5.92 Å². The molecule has 0 unspecified atom stereocenters. The van der Waals surface area contributed by atoms with E-state index in [1.807, 2.05) is 6.92 Å².